The van der Waals surface area contributed by atoms with E-state index in [1.807, 2.05) is 48.5 Å². The molecular weight excluding hydrogens is 280 g/mol. The second kappa shape index (κ2) is 9.39. The molecule has 0 aliphatic heterocycles. The highest BCUT2D eigenvalue weighted by atomic mass is 16.5. The fourth-order valence-electron chi connectivity index (χ4n) is 2.15. The Kier molecular flexibility index (Phi) is 6.83. The van der Waals surface area contributed by atoms with Crippen molar-refractivity contribution >= 4 is 0 Å². The average molecular weight is 302 g/mol. The third kappa shape index (κ3) is 5.93. The number of rotatable bonds is 6. The summed E-state index contributed by atoms with van der Waals surface area (Å²) in [6, 6.07) is 15.6. The highest BCUT2D eigenvalue weighted by molar-refractivity contribution is 5.46. The molecule has 2 aromatic carbocycles. The summed E-state index contributed by atoms with van der Waals surface area (Å²) < 4.78 is 5.73. The fraction of sp³-hybridized carbons (Fsp3) is 0.273. The zero-order valence-corrected chi connectivity index (χ0v) is 13.6. The van der Waals surface area contributed by atoms with Gasteiger partial charge in [0.2, 0.25) is 0 Å². The maximum atomic E-state index is 5.73. The Balaban J connectivity index is 1.87. The Morgan fingerprint density at radius 3 is 1.91 bits per heavy atom. The standard InChI is InChI=1S/C22H22O/c1-3-5-6-7-18-23-22-16-14-21(15-17-22)13-12-20-10-8-19(4-2)9-11-20/h2,8-11,14-17H,3,5-7,18H2,1H3. The summed E-state index contributed by atoms with van der Waals surface area (Å²) >= 11 is 0. The minimum absolute atomic E-state index is 0.784. The molecule has 2 aromatic rings. The first-order valence-corrected chi connectivity index (χ1v) is 8.13. The van der Waals surface area contributed by atoms with Gasteiger partial charge in [-0.2, -0.15) is 0 Å². The molecule has 1 heteroatoms. The van der Waals surface area contributed by atoms with Crippen molar-refractivity contribution in [2.75, 3.05) is 6.61 Å². The first kappa shape index (κ1) is 16.7. The Hall–Kier alpha value is -2.64. The van der Waals surface area contributed by atoms with Crippen LogP contribution in [0.2, 0.25) is 0 Å². The number of benzene rings is 2. The normalized spacial score (nSPS) is 9.57. The van der Waals surface area contributed by atoms with Gasteiger partial charge in [0, 0.05) is 16.7 Å². The summed E-state index contributed by atoms with van der Waals surface area (Å²) in [6.45, 7) is 3.00. The lowest BCUT2D eigenvalue weighted by Crippen LogP contribution is -1.96. The summed E-state index contributed by atoms with van der Waals surface area (Å²) in [6.07, 6.45) is 10.2. The van der Waals surface area contributed by atoms with Crippen LogP contribution in [0.15, 0.2) is 48.5 Å². The molecule has 0 saturated carbocycles. The molecule has 0 heterocycles. The maximum absolute atomic E-state index is 5.73. The molecule has 0 amide bonds. The molecule has 2 rings (SSSR count). The molecule has 0 aliphatic carbocycles. The molecule has 0 atom stereocenters. The zero-order chi connectivity index (χ0) is 16.3. The van der Waals surface area contributed by atoms with Crippen LogP contribution < -0.4 is 4.74 Å². The van der Waals surface area contributed by atoms with E-state index in [-0.39, 0.29) is 0 Å². The van der Waals surface area contributed by atoms with Crippen LogP contribution in [0, 0.1) is 24.2 Å². The van der Waals surface area contributed by atoms with Gasteiger partial charge in [0.25, 0.3) is 0 Å². The number of terminal acetylenes is 1. The number of hydrogen-bond acceptors (Lipinski definition) is 1. The third-order valence-corrected chi connectivity index (χ3v) is 3.52. The Morgan fingerprint density at radius 2 is 1.35 bits per heavy atom. The van der Waals surface area contributed by atoms with Crippen molar-refractivity contribution in [3.63, 3.8) is 0 Å². The van der Waals surface area contributed by atoms with E-state index in [1.165, 1.54) is 19.3 Å². The van der Waals surface area contributed by atoms with Crippen LogP contribution >= 0.6 is 0 Å². The van der Waals surface area contributed by atoms with E-state index in [4.69, 9.17) is 11.2 Å². The van der Waals surface area contributed by atoms with Gasteiger partial charge in [0.1, 0.15) is 5.75 Å². The third-order valence-electron chi connectivity index (χ3n) is 3.52. The monoisotopic (exact) mass is 302 g/mol. The Morgan fingerprint density at radius 1 is 0.783 bits per heavy atom. The lowest BCUT2D eigenvalue weighted by molar-refractivity contribution is 0.305. The Bertz CT molecular complexity index is 691. The SMILES string of the molecule is C#Cc1ccc(C#Cc2ccc(OCCCCCC)cc2)cc1. The van der Waals surface area contributed by atoms with Crippen LogP contribution in [-0.2, 0) is 0 Å². The van der Waals surface area contributed by atoms with Gasteiger partial charge in [0.15, 0.2) is 0 Å². The Labute approximate surface area is 139 Å². The molecule has 0 fully saturated rings. The smallest absolute Gasteiger partial charge is 0.119 e. The molecule has 0 aliphatic rings. The van der Waals surface area contributed by atoms with Gasteiger partial charge in [-0.3, -0.25) is 0 Å². The number of unbranched alkanes of at least 4 members (excludes halogenated alkanes) is 3. The van der Waals surface area contributed by atoms with Crippen molar-refractivity contribution in [3.8, 4) is 29.9 Å². The van der Waals surface area contributed by atoms with E-state index in [0.29, 0.717) is 0 Å². The first-order chi connectivity index (χ1) is 11.3. The van der Waals surface area contributed by atoms with E-state index in [1.54, 1.807) is 0 Å². The summed E-state index contributed by atoms with van der Waals surface area (Å²) in [4.78, 5) is 0. The zero-order valence-electron chi connectivity index (χ0n) is 13.6. The van der Waals surface area contributed by atoms with Crippen molar-refractivity contribution in [2.24, 2.45) is 0 Å². The molecule has 0 N–H and O–H groups in total. The maximum Gasteiger partial charge on any atom is 0.119 e. The van der Waals surface area contributed by atoms with Crippen LogP contribution in [-0.4, -0.2) is 6.61 Å². The minimum atomic E-state index is 0.784. The predicted octanol–water partition coefficient (Wildman–Crippen LogP) is 5.03. The van der Waals surface area contributed by atoms with Crippen molar-refractivity contribution in [2.45, 2.75) is 32.6 Å². The minimum Gasteiger partial charge on any atom is -0.494 e. The summed E-state index contributed by atoms with van der Waals surface area (Å²) in [5, 5.41) is 0. The molecule has 0 bridgehead atoms. The van der Waals surface area contributed by atoms with E-state index in [0.717, 1.165) is 35.5 Å². The molecular formula is C22H22O. The topological polar surface area (TPSA) is 9.23 Å². The molecule has 23 heavy (non-hydrogen) atoms. The second-order valence-corrected chi connectivity index (χ2v) is 5.41. The quantitative estimate of drug-likeness (QED) is 0.537. The van der Waals surface area contributed by atoms with Gasteiger partial charge in [-0.15, -0.1) is 6.42 Å². The van der Waals surface area contributed by atoms with E-state index in [9.17, 15) is 0 Å². The van der Waals surface area contributed by atoms with Crippen LogP contribution in [0.25, 0.3) is 0 Å². The van der Waals surface area contributed by atoms with Gasteiger partial charge < -0.3 is 4.74 Å². The van der Waals surface area contributed by atoms with Crippen molar-refractivity contribution < 1.29 is 4.74 Å². The lowest BCUT2D eigenvalue weighted by Gasteiger charge is -2.05. The molecule has 0 radical (unpaired) electrons. The number of ether oxygens (including phenoxy) is 1. The van der Waals surface area contributed by atoms with Crippen LogP contribution in [0.5, 0.6) is 5.75 Å². The van der Waals surface area contributed by atoms with Crippen molar-refractivity contribution in [1.82, 2.24) is 0 Å². The average Bonchev–Trinajstić information content (AvgIpc) is 2.61. The van der Waals surface area contributed by atoms with Gasteiger partial charge >= 0.3 is 0 Å². The largest absolute Gasteiger partial charge is 0.494 e. The lowest BCUT2D eigenvalue weighted by atomic mass is 10.1. The van der Waals surface area contributed by atoms with E-state index in [2.05, 4.69) is 24.7 Å². The second-order valence-electron chi connectivity index (χ2n) is 5.41. The van der Waals surface area contributed by atoms with Crippen molar-refractivity contribution in [1.29, 1.82) is 0 Å². The highest BCUT2D eigenvalue weighted by Crippen LogP contribution is 2.13. The van der Waals surface area contributed by atoms with Gasteiger partial charge in [0.05, 0.1) is 6.61 Å². The van der Waals surface area contributed by atoms with Crippen molar-refractivity contribution in [3.05, 3.63) is 65.2 Å². The number of hydrogen-bond donors (Lipinski definition) is 0. The fourth-order valence-corrected chi connectivity index (χ4v) is 2.15. The summed E-state index contributed by atoms with van der Waals surface area (Å²) in [5.74, 6) is 9.80. The van der Waals surface area contributed by atoms with Crippen LogP contribution in [0.1, 0.15) is 49.3 Å². The molecule has 0 aromatic heterocycles. The molecule has 0 saturated heterocycles. The predicted molar refractivity (Wildman–Crippen MR) is 96.4 cm³/mol. The van der Waals surface area contributed by atoms with Crippen LogP contribution in [0.4, 0.5) is 0 Å². The van der Waals surface area contributed by atoms with Crippen LogP contribution in [0.3, 0.4) is 0 Å². The van der Waals surface area contributed by atoms with E-state index >= 15 is 0 Å². The van der Waals surface area contributed by atoms with Gasteiger partial charge in [-0.05, 0) is 55.0 Å². The summed E-state index contributed by atoms with van der Waals surface area (Å²) in [5.41, 5.74) is 2.81. The highest BCUT2D eigenvalue weighted by Gasteiger charge is 1.94. The first-order valence-electron chi connectivity index (χ1n) is 8.13. The van der Waals surface area contributed by atoms with Gasteiger partial charge in [-0.1, -0.05) is 43.9 Å². The van der Waals surface area contributed by atoms with Gasteiger partial charge in [-0.25, -0.2) is 0 Å². The molecule has 1 nitrogen and oxygen atoms in total. The molecule has 116 valence electrons. The molecule has 0 unspecified atom stereocenters. The van der Waals surface area contributed by atoms with E-state index < -0.39 is 0 Å². The molecule has 0 spiro atoms. The summed E-state index contributed by atoms with van der Waals surface area (Å²) in [7, 11) is 0.